The summed E-state index contributed by atoms with van der Waals surface area (Å²) in [6, 6.07) is 15.3. The van der Waals surface area contributed by atoms with Gasteiger partial charge in [0.2, 0.25) is 0 Å². The highest BCUT2D eigenvalue weighted by Crippen LogP contribution is 2.32. The van der Waals surface area contributed by atoms with Crippen molar-refractivity contribution in [2.75, 3.05) is 51.8 Å². The molecule has 2 aromatic rings. The van der Waals surface area contributed by atoms with Gasteiger partial charge >= 0.3 is 0 Å². The molecule has 1 atom stereocenters. The molecule has 0 spiro atoms. The maximum absolute atomic E-state index is 12.4. The Morgan fingerprint density at radius 3 is 2.34 bits per heavy atom. The highest BCUT2D eigenvalue weighted by molar-refractivity contribution is 7.90. The van der Waals surface area contributed by atoms with Crippen molar-refractivity contribution in [3.63, 3.8) is 0 Å². The number of hydroxylamine groups is 3. The number of quaternary nitrogens is 1. The molecule has 2 aliphatic heterocycles. The Kier molecular flexibility index (Phi) is 11.3. The second-order valence-corrected chi connectivity index (χ2v) is 14.0. The molecule has 1 fully saturated rings. The van der Waals surface area contributed by atoms with Crippen LogP contribution in [-0.4, -0.2) is 74.0 Å². The van der Waals surface area contributed by atoms with E-state index in [0.717, 1.165) is 49.2 Å². The van der Waals surface area contributed by atoms with Gasteiger partial charge in [-0.25, -0.2) is 8.42 Å². The van der Waals surface area contributed by atoms with E-state index in [0.29, 0.717) is 30.4 Å². The van der Waals surface area contributed by atoms with Crippen LogP contribution >= 0.6 is 0 Å². The van der Waals surface area contributed by atoms with Crippen molar-refractivity contribution >= 4 is 26.2 Å². The van der Waals surface area contributed by atoms with Crippen molar-refractivity contribution in [3.05, 3.63) is 70.9 Å². The third kappa shape index (κ3) is 8.85. The molecule has 1 unspecified atom stereocenters. The molecule has 0 N–H and O–H groups in total. The van der Waals surface area contributed by atoms with E-state index < -0.39 is 20.6 Å². The largest absolute Gasteiger partial charge is 0.633 e. The van der Waals surface area contributed by atoms with Gasteiger partial charge in [0.1, 0.15) is 0 Å². The molecular weight excluding hydrogens is 516 g/mol. The van der Waals surface area contributed by atoms with Crippen LogP contribution < -0.4 is 0 Å². The van der Waals surface area contributed by atoms with Gasteiger partial charge in [-0.2, -0.15) is 0 Å². The molecule has 4 rings (SSSR count). The van der Waals surface area contributed by atoms with Crippen LogP contribution in [0.5, 0.6) is 0 Å². The summed E-state index contributed by atoms with van der Waals surface area (Å²) in [6.45, 7) is 9.60. The smallest absolute Gasteiger partial charge is 0.175 e. The molecule has 0 aromatic heterocycles. The number of piperidine rings is 1. The van der Waals surface area contributed by atoms with Gasteiger partial charge in [-0.1, -0.05) is 44.2 Å². The topological polar surface area (TPSA) is 77.5 Å². The van der Waals surface area contributed by atoms with Crippen LogP contribution in [0, 0.1) is 5.21 Å². The first-order valence-corrected chi connectivity index (χ1v) is 17.2. The molecule has 6 nitrogen and oxygen atoms in total. The maximum Gasteiger partial charge on any atom is 0.175 e. The van der Waals surface area contributed by atoms with E-state index in [1.165, 1.54) is 30.4 Å². The van der Waals surface area contributed by atoms with Crippen molar-refractivity contribution < 1.29 is 17.3 Å². The minimum absolute atomic E-state index is 0.0846. The molecule has 2 aromatic carbocycles. The first-order valence-electron chi connectivity index (χ1n) is 13.8. The summed E-state index contributed by atoms with van der Waals surface area (Å²) < 4.78 is 34.6. The Morgan fingerprint density at radius 1 is 1.05 bits per heavy atom. The summed E-state index contributed by atoms with van der Waals surface area (Å²) in [4.78, 5) is 3.77. The summed E-state index contributed by atoms with van der Waals surface area (Å²) in [5.74, 6) is 0.314. The van der Waals surface area contributed by atoms with Crippen molar-refractivity contribution in [2.45, 2.75) is 61.7 Å². The number of likely N-dealkylation sites (tertiary alicyclic amines) is 1. The summed E-state index contributed by atoms with van der Waals surface area (Å²) >= 11 is 0. The number of benzene rings is 2. The summed E-state index contributed by atoms with van der Waals surface area (Å²) in [6.07, 6.45) is 10.2. The van der Waals surface area contributed by atoms with Gasteiger partial charge in [-0.05, 0) is 72.7 Å². The van der Waals surface area contributed by atoms with E-state index in [4.69, 9.17) is 0 Å². The number of hydrogen-bond acceptors (Lipinski definition) is 5. The third-order valence-corrected chi connectivity index (χ3v) is 9.56. The fraction of sp³-hybridized carbons (Fsp3) is 0.533. The highest BCUT2D eigenvalue weighted by Gasteiger charge is 2.27. The average Bonchev–Trinajstić information content (AvgIpc) is 2.90. The zero-order valence-corrected chi connectivity index (χ0v) is 25.0. The Balaban J connectivity index is 0.000000212. The number of nitrogens with zero attached hydrogens (tertiary/aromatic N) is 2. The van der Waals surface area contributed by atoms with E-state index in [-0.39, 0.29) is 4.65 Å². The second-order valence-electron chi connectivity index (χ2n) is 10.6. The van der Waals surface area contributed by atoms with Gasteiger partial charge in [0.15, 0.2) is 9.84 Å². The van der Waals surface area contributed by atoms with Crippen molar-refractivity contribution in [3.8, 4) is 0 Å². The Labute approximate surface area is 232 Å². The van der Waals surface area contributed by atoms with E-state index >= 15 is 0 Å². The van der Waals surface area contributed by atoms with E-state index in [9.17, 15) is 17.8 Å². The lowest BCUT2D eigenvalue weighted by molar-refractivity contribution is -0.886. The molecule has 8 heteroatoms. The Bertz CT molecular complexity index is 1220. The van der Waals surface area contributed by atoms with Gasteiger partial charge < -0.3 is 9.85 Å². The van der Waals surface area contributed by atoms with Gasteiger partial charge in [0, 0.05) is 54.1 Å². The predicted molar refractivity (Wildman–Crippen MR) is 158 cm³/mol. The Morgan fingerprint density at radius 2 is 1.76 bits per heavy atom. The molecule has 210 valence electrons. The molecule has 2 heterocycles. The molecule has 0 saturated carbocycles. The SMILES string of the molecule is CCCN1CC=C(c2cccc(S(C)=O)c2)CC1.CCC[N+]1([O-])CCC(c2cccc(S(C)(=O)=O)c2)CC1. The second kappa shape index (κ2) is 14.0. The fourth-order valence-electron chi connectivity index (χ4n) is 5.37. The first-order chi connectivity index (χ1) is 18.0. The number of hydrogen-bond donors (Lipinski definition) is 0. The van der Waals surface area contributed by atoms with Crippen LogP contribution in [0.4, 0.5) is 0 Å². The van der Waals surface area contributed by atoms with Crippen LogP contribution in [0.1, 0.15) is 63.0 Å². The van der Waals surface area contributed by atoms with E-state index in [2.05, 4.69) is 30.0 Å². The van der Waals surface area contributed by atoms with Crippen molar-refractivity contribution in [1.82, 2.24) is 4.90 Å². The minimum Gasteiger partial charge on any atom is -0.633 e. The van der Waals surface area contributed by atoms with Crippen molar-refractivity contribution in [2.24, 2.45) is 0 Å². The average molecular weight is 561 g/mol. The van der Waals surface area contributed by atoms with Crippen molar-refractivity contribution in [1.29, 1.82) is 0 Å². The van der Waals surface area contributed by atoms with E-state index in [1.54, 1.807) is 24.5 Å². The number of rotatable bonds is 8. The molecule has 0 aliphatic carbocycles. The monoisotopic (exact) mass is 560 g/mol. The van der Waals surface area contributed by atoms with Gasteiger partial charge in [0.25, 0.3) is 0 Å². The molecule has 0 bridgehead atoms. The van der Waals surface area contributed by atoms with Crippen LogP contribution in [0.25, 0.3) is 5.57 Å². The summed E-state index contributed by atoms with van der Waals surface area (Å²) in [5.41, 5.74) is 3.68. The number of sulfone groups is 1. The first kappa shape index (κ1) is 30.7. The van der Waals surface area contributed by atoms with E-state index in [1.807, 2.05) is 25.1 Å². The Hall–Kier alpha value is -1.84. The standard InChI is InChI=1S/C15H23NO3S.C15H21NOS/c1-3-9-16(17)10-7-13(8-11-16)14-5-4-6-15(12-14)20(2,18)19;1-3-9-16-10-7-13(8-11-16)14-5-4-6-15(12-14)18(2)17/h4-6,12-13H,3,7-11H2,1-2H3;4-7,12H,3,8-11H2,1-2H3. The van der Waals surface area contributed by atoms with Crippen LogP contribution in [0.3, 0.4) is 0 Å². The maximum atomic E-state index is 12.4. The lowest BCUT2D eigenvalue weighted by Gasteiger charge is -2.47. The molecular formula is C30H44N2O4S2. The molecule has 2 aliphatic rings. The van der Waals surface area contributed by atoms with Gasteiger partial charge in [0.05, 0.1) is 24.5 Å². The van der Waals surface area contributed by atoms with Crippen LogP contribution in [0.2, 0.25) is 0 Å². The normalized spacial score (nSPS) is 23.2. The molecule has 1 saturated heterocycles. The summed E-state index contributed by atoms with van der Waals surface area (Å²) in [7, 11) is -4.05. The lowest BCUT2D eigenvalue weighted by Crippen LogP contribution is -2.48. The predicted octanol–water partition coefficient (Wildman–Crippen LogP) is 5.62. The quantitative estimate of drug-likeness (QED) is 0.310. The third-order valence-electron chi connectivity index (χ3n) is 7.53. The van der Waals surface area contributed by atoms with Crippen LogP contribution in [0.15, 0.2) is 64.4 Å². The molecule has 0 radical (unpaired) electrons. The van der Waals surface area contributed by atoms with Gasteiger partial charge in [-0.15, -0.1) is 0 Å². The zero-order chi connectivity index (χ0) is 27.8. The fourth-order valence-corrected chi connectivity index (χ4v) is 6.61. The highest BCUT2D eigenvalue weighted by atomic mass is 32.2. The van der Waals surface area contributed by atoms with Crippen LogP contribution in [-0.2, 0) is 20.6 Å². The lowest BCUT2D eigenvalue weighted by atomic mass is 9.89. The van der Waals surface area contributed by atoms with Gasteiger partial charge in [-0.3, -0.25) is 9.11 Å². The molecule has 38 heavy (non-hydrogen) atoms. The molecule has 0 amide bonds. The zero-order valence-electron chi connectivity index (χ0n) is 23.4. The minimum atomic E-state index is -3.16. The summed E-state index contributed by atoms with van der Waals surface area (Å²) in [5, 5.41) is 12.4.